The third kappa shape index (κ3) is 4.53. The van der Waals surface area contributed by atoms with Gasteiger partial charge in [0.25, 0.3) is 5.91 Å². The zero-order chi connectivity index (χ0) is 21.1. The van der Waals surface area contributed by atoms with Crippen LogP contribution in [0.3, 0.4) is 0 Å². The van der Waals surface area contributed by atoms with E-state index in [0.717, 1.165) is 10.2 Å². The Labute approximate surface area is 186 Å². The number of furan rings is 1. The molecule has 30 heavy (non-hydrogen) atoms. The molecule has 0 radical (unpaired) electrons. The van der Waals surface area contributed by atoms with Gasteiger partial charge >= 0.3 is 0 Å². The Morgan fingerprint density at radius 2 is 2.07 bits per heavy atom. The number of amides is 1. The zero-order valence-electron chi connectivity index (χ0n) is 15.8. The first-order valence-corrected chi connectivity index (χ1v) is 10.5. The summed E-state index contributed by atoms with van der Waals surface area (Å²) in [6.45, 7) is 0.00179. The van der Waals surface area contributed by atoms with E-state index in [2.05, 4.69) is 4.98 Å². The summed E-state index contributed by atoms with van der Waals surface area (Å²) >= 11 is 13.4. The van der Waals surface area contributed by atoms with E-state index in [1.165, 1.54) is 16.2 Å². The molecule has 6 nitrogen and oxygen atoms in total. The van der Waals surface area contributed by atoms with Crippen LogP contribution >= 0.6 is 34.5 Å². The van der Waals surface area contributed by atoms with E-state index in [1.807, 2.05) is 18.2 Å². The molecule has 154 valence electrons. The fourth-order valence-electron chi connectivity index (χ4n) is 2.77. The molecule has 0 saturated heterocycles. The third-order valence-electron chi connectivity index (χ3n) is 4.25. The number of fused-ring (bicyclic) bond motifs is 1. The predicted molar refractivity (Wildman–Crippen MR) is 118 cm³/mol. The fraction of sp³-hybridized carbons (Fsp3) is 0.143. The van der Waals surface area contributed by atoms with Crippen molar-refractivity contribution in [3.05, 3.63) is 70.6 Å². The smallest absolute Gasteiger partial charge is 0.267 e. The van der Waals surface area contributed by atoms with E-state index < -0.39 is 0 Å². The van der Waals surface area contributed by atoms with Gasteiger partial charge in [0.2, 0.25) is 0 Å². The highest BCUT2D eigenvalue weighted by atomic mass is 35.5. The summed E-state index contributed by atoms with van der Waals surface area (Å²) in [6.07, 6.45) is 1.56. The minimum absolute atomic E-state index is 0.221. The highest BCUT2D eigenvalue weighted by Gasteiger charge is 2.22. The van der Waals surface area contributed by atoms with Crippen LogP contribution in [0.15, 0.2) is 59.2 Å². The summed E-state index contributed by atoms with van der Waals surface area (Å²) in [6, 6.07) is 14.0. The number of aromatic nitrogens is 1. The lowest BCUT2D eigenvalue weighted by molar-refractivity contribution is -0.120. The number of benzene rings is 2. The molecule has 0 fully saturated rings. The van der Waals surface area contributed by atoms with Crippen molar-refractivity contribution in [3.63, 3.8) is 0 Å². The summed E-state index contributed by atoms with van der Waals surface area (Å²) in [5.41, 5.74) is 0.744. The lowest BCUT2D eigenvalue weighted by Crippen LogP contribution is -2.34. The number of hydrogen-bond donors (Lipinski definition) is 0. The molecule has 4 aromatic rings. The fourth-order valence-corrected chi connectivity index (χ4v) is 4.19. The van der Waals surface area contributed by atoms with Crippen molar-refractivity contribution in [2.75, 3.05) is 18.6 Å². The Kier molecular flexibility index (Phi) is 6.13. The molecular weight excluding hydrogens is 447 g/mol. The molecule has 0 N–H and O–H groups in total. The van der Waals surface area contributed by atoms with Crippen molar-refractivity contribution in [1.82, 2.24) is 4.98 Å². The number of ether oxygens (including phenoxy) is 2. The molecule has 1 amide bonds. The SMILES string of the molecule is COc1ccc2sc(N(Cc3ccco3)C(=O)COc3ccc(Cl)cc3Cl)nc2c1. The van der Waals surface area contributed by atoms with Crippen LogP contribution in [0.4, 0.5) is 5.13 Å². The second-order valence-electron chi connectivity index (χ2n) is 6.25. The van der Waals surface area contributed by atoms with Gasteiger partial charge in [0.15, 0.2) is 11.7 Å². The van der Waals surface area contributed by atoms with Gasteiger partial charge < -0.3 is 13.9 Å². The van der Waals surface area contributed by atoms with Crippen LogP contribution in [0, 0.1) is 0 Å². The van der Waals surface area contributed by atoms with E-state index in [9.17, 15) is 4.79 Å². The van der Waals surface area contributed by atoms with Crippen LogP contribution in [0.25, 0.3) is 10.2 Å². The van der Waals surface area contributed by atoms with Crippen LogP contribution in [-0.4, -0.2) is 24.6 Å². The molecule has 9 heteroatoms. The van der Waals surface area contributed by atoms with E-state index in [-0.39, 0.29) is 19.1 Å². The maximum Gasteiger partial charge on any atom is 0.267 e. The molecule has 2 aromatic carbocycles. The van der Waals surface area contributed by atoms with Crippen molar-refractivity contribution < 1.29 is 18.7 Å². The normalized spacial score (nSPS) is 10.9. The third-order valence-corrected chi connectivity index (χ3v) is 5.84. The quantitative estimate of drug-likeness (QED) is 0.346. The molecule has 0 aliphatic heterocycles. The Morgan fingerprint density at radius 1 is 1.20 bits per heavy atom. The van der Waals surface area contributed by atoms with Crippen LogP contribution in [0.2, 0.25) is 10.0 Å². The van der Waals surface area contributed by atoms with Crippen molar-refractivity contribution in [2.24, 2.45) is 0 Å². The molecule has 2 aromatic heterocycles. The molecule has 0 aliphatic rings. The van der Waals surface area contributed by atoms with Crippen LogP contribution in [0.1, 0.15) is 5.76 Å². The number of thiazole rings is 1. The Bertz CT molecular complexity index is 1180. The first kappa shape index (κ1) is 20.5. The van der Waals surface area contributed by atoms with Gasteiger partial charge in [-0.1, -0.05) is 34.5 Å². The number of rotatable bonds is 7. The van der Waals surface area contributed by atoms with Crippen LogP contribution in [-0.2, 0) is 11.3 Å². The van der Waals surface area contributed by atoms with E-state index in [1.54, 1.807) is 43.7 Å². The van der Waals surface area contributed by atoms with Crippen molar-refractivity contribution in [1.29, 1.82) is 0 Å². The van der Waals surface area contributed by atoms with Crippen molar-refractivity contribution in [3.8, 4) is 11.5 Å². The molecule has 0 aliphatic carbocycles. The predicted octanol–water partition coefficient (Wildman–Crippen LogP) is 5.82. The largest absolute Gasteiger partial charge is 0.497 e. The number of anilines is 1. The Balaban J connectivity index is 1.59. The second-order valence-corrected chi connectivity index (χ2v) is 8.11. The lowest BCUT2D eigenvalue weighted by Gasteiger charge is -2.19. The molecule has 0 unspecified atom stereocenters. The van der Waals surface area contributed by atoms with Crippen molar-refractivity contribution >= 4 is 55.8 Å². The minimum atomic E-state index is -0.288. The number of carbonyl (C=O) groups excluding carboxylic acids is 1. The number of hydrogen-bond acceptors (Lipinski definition) is 6. The maximum absolute atomic E-state index is 13.1. The van der Waals surface area contributed by atoms with Gasteiger partial charge in [0.1, 0.15) is 17.3 Å². The second kappa shape index (κ2) is 8.95. The summed E-state index contributed by atoms with van der Waals surface area (Å²) in [4.78, 5) is 19.2. The maximum atomic E-state index is 13.1. The summed E-state index contributed by atoms with van der Waals surface area (Å²) in [5.74, 6) is 1.42. The topological polar surface area (TPSA) is 64.8 Å². The van der Waals surface area contributed by atoms with Crippen LogP contribution in [0.5, 0.6) is 11.5 Å². The van der Waals surface area contributed by atoms with E-state index in [0.29, 0.717) is 32.4 Å². The van der Waals surface area contributed by atoms with Gasteiger partial charge in [0, 0.05) is 11.1 Å². The van der Waals surface area contributed by atoms with Crippen LogP contribution < -0.4 is 14.4 Å². The number of methoxy groups -OCH3 is 1. The van der Waals surface area contributed by atoms with Gasteiger partial charge in [-0.05, 0) is 42.5 Å². The number of carbonyl (C=O) groups is 1. The molecule has 0 spiro atoms. The standard InChI is InChI=1S/C21H16Cl2N2O4S/c1-27-14-5-7-19-17(10-14)24-21(30-19)25(11-15-3-2-8-28-15)20(26)12-29-18-6-4-13(22)9-16(18)23/h2-10H,11-12H2,1H3. The molecule has 0 saturated carbocycles. The first-order valence-electron chi connectivity index (χ1n) is 8.88. The van der Waals surface area contributed by atoms with Gasteiger partial charge in [-0.25, -0.2) is 4.98 Å². The first-order chi connectivity index (χ1) is 14.5. The van der Waals surface area contributed by atoms with E-state index in [4.69, 9.17) is 37.1 Å². The van der Waals surface area contributed by atoms with Gasteiger partial charge in [-0.15, -0.1) is 0 Å². The van der Waals surface area contributed by atoms with Gasteiger partial charge in [0.05, 0.1) is 35.2 Å². The molecule has 0 bridgehead atoms. The lowest BCUT2D eigenvalue weighted by atomic mass is 10.3. The highest BCUT2D eigenvalue weighted by Crippen LogP contribution is 2.32. The average Bonchev–Trinajstić information content (AvgIpc) is 3.39. The molecule has 2 heterocycles. The zero-order valence-corrected chi connectivity index (χ0v) is 18.1. The van der Waals surface area contributed by atoms with Gasteiger partial charge in [-0.2, -0.15) is 0 Å². The summed E-state index contributed by atoms with van der Waals surface area (Å²) in [5, 5.41) is 1.36. The highest BCUT2D eigenvalue weighted by molar-refractivity contribution is 7.22. The summed E-state index contributed by atoms with van der Waals surface area (Å²) < 4.78 is 17.3. The number of halogens is 2. The minimum Gasteiger partial charge on any atom is -0.497 e. The van der Waals surface area contributed by atoms with Gasteiger partial charge in [-0.3, -0.25) is 9.69 Å². The monoisotopic (exact) mass is 462 g/mol. The molecule has 4 rings (SSSR count). The summed E-state index contributed by atoms with van der Waals surface area (Å²) in [7, 11) is 1.60. The van der Waals surface area contributed by atoms with E-state index >= 15 is 0 Å². The Morgan fingerprint density at radius 3 is 2.80 bits per heavy atom. The Hall–Kier alpha value is -2.74. The molecule has 0 atom stereocenters. The average molecular weight is 463 g/mol. The van der Waals surface area contributed by atoms with Crippen molar-refractivity contribution in [2.45, 2.75) is 6.54 Å². The number of nitrogens with zero attached hydrogens (tertiary/aromatic N) is 2. The molecular formula is C21H16Cl2N2O4S.